The molecule has 5 nitrogen and oxygen atoms in total. The maximum Gasteiger partial charge on any atom is 0.231 e. The normalized spacial score (nSPS) is 13.1. The lowest BCUT2D eigenvalue weighted by atomic mass is 10.1. The van der Waals surface area contributed by atoms with E-state index in [1.54, 1.807) is 7.11 Å². The highest BCUT2D eigenvalue weighted by Gasteiger charge is 2.16. The molecule has 0 bridgehead atoms. The van der Waals surface area contributed by atoms with Crippen molar-refractivity contribution in [1.29, 1.82) is 0 Å². The van der Waals surface area contributed by atoms with Crippen molar-refractivity contribution in [2.75, 3.05) is 27.1 Å². The van der Waals surface area contributed by atoms with Gasteiger partial charge in [-0.2, -0.15) is 0 Å². The molecule has 5 heteroatoms. The van der Waals surface area contributed by atoms with Gasteiger partial charge < -0.3 is 23.8 Å². The molecule has 31 heavy (non-hydrogen) atoms. The minimum absolute atomic E-state index is 0.311. The second-order valence-electron chi connectivity index (χ2n) is 7.72. The quantitative estimate of drug-likeness (QED) is 0.544. The summed E-state index contributed by atoms with van der Waals surface area (Å²) in [6, 6.07) is 23.0. The number of fused-ring (bicyclic) bond motifs is 1. The smallest absolute Gasteiger partial charge is 0.231 e. The van der Waals surface area contributed by atoms with Gasteiger partial charge in [-0.25, -0.2) is 0 Å². The monoisotopic (exact) mass is 420 g/mol. The van der Waals surface area contributed by atoms with Crippen molar-refractivity contribution in [3.05, 3.63) is 83.4 Å². The molecule has 0 fully saturated rings. The van der Waals surface area contributed by atoms with Crippen LogP contribution in [0.5, 0.6) is 23.0 Å². The molecule has 1 aliphatic rings. The van der Waals surface area contributed by atoms with Gasteiger partial charge in [0, 0.05) is 17.5 Å². The van der Waals surface area contributed by atoms with E-state index in [9.17, 15) is 0 Å². The fourth-order valence-corrected chi connectivity index (χ4v) is 3.85. The van der Waals surface area contributed by atoms with Crippen LogP contribution in [0, 0.1) is 0 Å². The summed E-state index contributed by atoms with van der Waals surface area (Å²) in [6.45, 7) is 5.91. The van der Waals surface area contributed by atoms with Crippen molar-refractivity contribution in [2.45, 2.75) is 26.4 Å². The third kappa shape index (κ3) is 5.70. The van der Waals surface area contributed by atoms with E-state index in [1.165, 1.54) is 21.6 Å². The molecule has 0 saturated heterocycles. The summed E-state index contributed by atoms with van der Waals surface area (Å²) in [5.74, 6) is 3.49. The van der Waals surface area contributed by atoms with Crippen LogP contribution in [-0.2, 0) is 19.5 Å². The molecule has 1 N–H and O–H groups in total. The zero-order chi connectivity index (χ0) is 21.5. The number of hydrogen-bond acceptors (Lipinski definition) is 4. The van der Waals surface area contributed by atoms with Crippen molar-refractivity contribution in [1.82, 2.24) is 0 Å². The van der Waals surface area contributed by atoms with Gasteiger partial charge in [-0.05, 0) is 73.2 Å². The number of ether oxygens (including phenoxy) is 4. The van der Waals surface area contributed by atoms with Gasteiger partial charge in [-0.1, -0.05) is 6.07 Å². The molecule has 4 rings (SSSR count). The van der Waals surface area contributed by atoms with Crippen LogP contribution in [0.2, 0.25) is 0 Å². The first-order chi connectivity index (χ1) is 15.2. The Morgan fingerprint density at radius 1 is 0.774 bits per heavy atom. The van der Waals surface area contributed by atoms with Crippen molar-refractivity contribution >= 4 is 0 Å². The van der Waals surface area contributed by atoms with Crippen LogP contribution in [0.4, 0.5) is 0 Å². The summed E-state index contributed by atoms with van der Waals surface area (Å²) in [5.41, 5.74) is 3.87. The maximum absolute atomic E-state index is 5.58. The minimum atomic E-state index is 0.311. The van der Waals surface area contributed by atoms with Gasteiger partial charge in [-0.3, -0.25) is 0 Å². The SMILES string of the molecule is CCOc1ccc(C[NH+](CCc2ccc3c(c2)OCO3)Cc2ccc(OC)cc2)cc1. The number of benzene rings is 3. The van der Waals surface area contributed by atoms with E-state index in [-0.39, 0.29) is 0 Å². The highest BCUT2D eigenvalue weighted by Crippen LogP contribution is 2.32. The topological polar surface area (TPSA) is 41.4 Å². The van der Waals surface area contributed by atoms with E-state index in [4.69, 9.17) is 18.9 Å². The highest BCUT2D eigenvalue weighted by molar-refractivity contribution is 5.44. The summed E-state index contributed by atoms with van der Waals surface area (Å²) in [7, 11) is 1.70. The van der Waals surface area contributed by atoms with Crippen LogP contribution >= 0.6 is 0 Å². The Kier molecular flexibility index (Phi) is 6.95. The summed E-state index contributed by atoms with van der Waals surface area (Å²) < 4.78 is 21.9. The molecule has 0 spiro atoms. The Morgan fingerprint density at radius 3 is 2.03 bits per heavy atom. The zero-order valence-corrected chi connectivity index (χ0v) is 18.2. The van der Waals surface area contributed by atoms with Crippen LogP contribution in [0.15, 0.2) is 66.7 Å². The number of quaternary nitrogens is 1. The van der Waals surface area contributed by atoms with Crippen molar-refractivity contribution in [3.63, 3.8) is 0 Å². The molecule has 0 aromatic heterocycles. The summed E-state index contributed by atoms with van der Waals surface area (Å²) in [6.07, 6.45) is 0.971. The molecule has 0 aliphatic carbocycles. The summed E-state index contributed by atoms with van der Waals surface area (Å²) in [4.78, 5) is 1.49. The van der Waals surface area contributed by atoms with Gasteiger partial charge >= 0.3 is 0 Å². The average Bonchev–Trinajstić information content (AvgIpc) is 3.27. The number of nitrogens with one attached hydrogen (secondary N) is 1. The van der Waals surface area contributed by atoms with Gasteiger partial charge in [0.1, 0.15) is 24.6 Å². The van der Waals surface area contributed by atoms with E-state index >= 15 is 0 Å². The Bertz CT molecular complexity index is 970. The Labute approximate surface area is 184 Å². The second-order valence-corrected chi connectivity index (χ2v) is 7.72. The molecule has 1 aliphatic heterocycles. The van der Waals surface area contributed by atoms with Crippen molar-refractivity contribution in [3.8, 4) is 23.0 Å². The number of hydrogen-bond donors (Lipinski definition) is 1. The van der Waals surface area contributed by atoms with Gasteiger partial charge in [0.2, 0.25) is 6.79 Å². The third-order valence-corrected chi connectivity index (χ3v) is 5.51. The number of rotatable bonds is 10. The molecule has 3 aromatic carbocycles. The lowest BCUT2D eigenvalue weighted by Gasteiger charge is -2.20. The van der Waals surface area contributed by atoms with Crippen LogP contribution in [0.25, 0.3) is 0 Å². The van der Waals surface area contributed by atoms with E-state index in [2.05, 4.69) is 48.5 Å². The van der Waals surface area contributed by atoms with E-state index < -0.39 is 0 Å². The first-order valence-corrected chi connectivity index (χ1v) is 10.8. The van der Waals surface area contributed by atoms with Crippen LogP contribution < -0.4 is 23.8 Å². The average molecular weight is 421 g/mol. The largest absolute Gasteiger partial charge is 0.497 e. The second kappa shape index (κ2) is 10.2. The first-order valence-electron chi connectivity index (χ1n) is 10.8. The zero-order valence-electron chi connectivity index (χ0n) is 18.2. The number of methoxy groups -OCH3 is 1. The van der Waals surface area contributed by atoms with Gasteiger partial charge in [-0.15, -0.1) is 0 Å². The van der Waals surface area contributed by atoms with Gasteiger partial charge in [0.05, 0.1) is 20.3 Å². The molecule has 0 radical (unpaired) electrons. The molecule has 1 atom stereocenters. The van der Waals surface area contributed by atoms with Crippen LogP contribution in [0.3, 0.4) is 0 Å². The maximum atomic E-state index is 5.58. The fourth-order valence-electron chi connectivity index (χ4n) is 3.85. The van der Waals surface area contributed by atoms with Gasteiger partial charge in [0.15, 0.2) is 11.5 Å². The predicted octanol–water partition coefficient (Wildman–Crippen LogP) is 3.65. The molecule has 3 aromatic rings. The minimum Gasteiger partial charge on any atom is -0.497 e. The fraction of sp³-hybridized carbons (Fsp3) is 0.308. The van der Waals surface area contributed by atoms with E-state index in [0.29, 0.717) is 13.4 Å². The predicted molar refractivity (Wildman–Crippen MR) is 120 cm³/mol. The molecule has 0 saturated carbocycles. The lowest BCUT2D eigenvalue weighted by Crippen LogP contribution is -3.09. The molecule has 162 valence electrons. The summed E-state index contributed by atoms with van der Waals surface area (Å²) >= 11 is 0. The first kappa shape index (κ1) is 21.1. The van der Waals surface area contributed by atoms with Crippen molar-refractivity contribution in [2.24, 2.45) is 0 Å². The van der Waals surface area contributed by atoms with Crippen molar-refractivity contribution < 1.29 is 23.8 Å². The molecule has 0 amide bonds. The van der Waals surface area contributed by atoms with E-state index in [1.807, 2.05) is 25.1 Å². The standard InChI is InChI=1S/C26H29NO4/c1-3-29-24-11-6-22(7-12-24)18-27(17-21-4-9-23(28-2)10-5-21)15-14-20-8-13-25-26(16-20)31-19-30-25/h4-13,16H,3,14-15,17-19H2,1-2H3/p+1. The lowest BCUT2D eigenvalue weighted by molar-refractivity contribution is -0.927. The highest BCUT2D eigenvalue weighted by atomic mass is 16.7. The summed E-state index contributed by atoms with van der Waals surface area (Å²) in [5, 5.41) is 0. The Hall–Kier alpha value is -3.18. The third-order valence-electron chi connectivity index (χ3n) is 5.51. The van der Waals surface area contributed by atoms with Crippen LogP contribution in [-0.4, -0.2) is 27.1 Å². The van der Waals surface area contributed by atoms with Crippen LogP contribution in [0.1, 0.15) is 23.6 Å². The van der Waals surface area contributed by atoms with E-state index in [0.717, 1.165) is 49.1 Å². The van der Waals surface area contributed by atoms with Gasteiger partial charge in [0.25, 0.3) is 0 Å². The molecule has 1 unspecified atom stereocenters. The molecule has 1 heterocycles. The Morgan fingerprint density at radius 2 is 1.39 bits per heavy atom. The molecular weight excluding hydrogens is 390 g/mol. The Balaban J connectivity index is 1.45. The molecular formula is C26H30NO4+.